The minimum Gasteiger partial charge on any atom is -0.382 e. The summed E-state index contributed by atoms with van der Waals surface area (Å²) in [4.78, 5) is 25.7. The molecule has 0 aliphatic rings. The number of aryl methyl sites for hydroxylation is 1. The summed E-state index contributed by atoms with van der Waals surface area (Å²) in [5, 5.41) is 17.0. The molecule has 7 nitrogen and oxygen atoms in total. The molecule has 0 radical (unpaired) electrons. The highest BCUT2D eigenvalue weighted by molar-refractivity contribution is 7.18. The van der Waals surface area contributed by atoms with Crippen LogP contribution in [0, 0.1) is 12.7 Å². The topological polar surface area (TPSA) is 114 Å². The van der Waals surface area contributed by atoms with Crippen molar-refractivity contribution < 1.29 is 14.3 Å². The van der Waals surface area contributed by atoms with E-state index in [1.165, 1.54) is 36.0 Å². The highest BCUT2D eigenvalue weighted by Gasteiger charge is 2.22. The number of benzene rings is 2. The number of fused-ring (bicyclic) bond motifs is 2. The maximum absolute atomic E-state index is 14.5. The van der Waals surface area contributed by atoms with Crippen LogP contribution in [0.4, 0.5) is 15.9 Å². The first-order valence-corrected chi connectivity index (χ1v) is 11.4. The number of anilines is 2. The average Bonchev–Trinajstić information content (AvgIpc) is 3.26. The van der Waals surface area contributed by atoms with Gasteiger partial charge in [0.2, 0.25) is 0 Å². The Labute approximate surface area is 202 Å². The predicted octanol–water partition coefficient (Wildman–Crippen LogP) is 5.26. The molecular formula is C24H17ClFN5O2S. The molecule has 4 N–H and O–H groups in total. The first-order chi connectivity index (χ1) is 16.3. The van der Waals surface area contributed by atoms with Crippen LogP contribution in [-0.4, -0.2) is 26.0 Å². The van der Waals surface area contributed by atoms with Crippen LogP contribution in [0.5, 0.6) is 0 Å². The average molecular weight is 494 g/mol. The molecule has 1 atom stereocenters. The number of hydrogen-bond acceptors (Lipinski definition) is 7. The maximum atomic E-state index is 14.5. The second-order valence-corrected chi connectivity index (χ2v) is 8.97. The van der Waals surface area contributed by atoms with Crippen LogP contribution in [-0.2, 0) is 0 Å². The van der Waals surface area contributed by atoms with Crippen molar-refractivity contribution in [2.24, 2.45) is 0 Å². The predicted molar refractivity (Wildman–Crippen MR) is 132 cm³/mol. The lowest BCUT2D eigenvalue weighted by atomic mass is 9.98. The lowest BCUT2D eigenvalue weighted by Crippen LogP contribution is -2.13. The molecule has 0 bridgehead atoms. The van der Waals surface area contributed by atoms with E-state index in [0.29, 0.717) is 38.1 Å². The molecule has 0 saturated heterocycles. The number of nitrogens with two attached hydrogens (primary N) is 1. The third kappa shape index (κ3) is 3.73. The largest absolute Gasteiger partial charge is 0.382 e. The third-order valence-electron chi connectivity index (χ3n) is 5.56. The Kier molecular flexibility index (Phi) is 5.60. The van der Waals surface area contributed by atoms with Gasteiger partial charge in [0.25, 0.3) is 5.91 Å². The molecule has 5 aromatic rings. The van der Waals surface area contributed by atoms with Gasteiger partial charge in [-0.05, 0) is 30.7 Å². The molecule has 1 unspecified atom stereocenters. The fourth-order valence-corrected chi connectivity index (χ4v) is 4.91. The summed E-state index contributed by atoms with van der Waals surface area (Å²) >= 11 is 7.14. The number of halogens is 2. The molecule has 0 spiro atoms. The molecule has 2 aromatic carbocycles. The summed E-state index contributed by atoms with van der Waals surface area (Å²) in [6.45, 7) is 1.86. The van der Waals surface area contributed by atoms with Crippen LogP contribution in [0.15, 0.2) is 54.3 Å². The Balaban J connectivity index is 1.58. The number of amides is 1. The maximum Gasteiger partial charge on any atom is 0.258 e. The molecule has 1 amide bonds. The lowest BCUT2D eigenvalue weighted by molar-refractivity contribution is 0.102. The van der Waals surface area contributed by atoms with Crippen LogP contribution in [0.3, 0.4) is 0 Å². The zero-order valence-corrected chi connectivity index (χ0v) is 19.3. The number of rotatable bonds is 4. The highest BCUT2D eigenvalue weighted by Crippen LogP contribution is 2.35. The molecule has 0 saturated carbocycles. The second-order valence-electron chi connectivity index (χ2n) is 7.66. The van der Waals surface area contributed by atoms with Crippen LogP contribution < -0.4 is 11.1 Å². The van der Waals surface area contributed by atoms with Gasteiger partial charge in [-0.15, -0.1) is 11.3 Å². The quantitative estimate of drug-likeness (QED) is 0.315. The summed E-state index contributed by atoms with van der Waals surface area (Å²) in [6.07, 6.45) is 1.50. The van der Waals surface area contributed by atoms with Crippen LogP contribution in [0.1, 0.15) is 33.3 Å². The van der Waals surface area contributed by atoms with E-state index < -0.39 is 11.9 Å². The van der Waals surface area contributed by atoms with Crippen LogP contribution in [0.2, 0.25) is 5.02 Å². The van der Waals surface area contributed by atoms with Gasteiger partial charge in [0.1, 0.15) is 24.1 Å². The first kappa shape index (κ1) is 22.1. The number of carbonyl (C=O) groups excluding carboxylic acids is 1. The molecule has 3 heterocycles. The third-order valence-corrected chi connectivity index (χ3v) is 6.79. The van der Waals surface area contributed by atoms with Gasteiger partial charge in [-0.25, -0.2) is 14.4 Å². The first-order valence-electron chi connectivity index (χ1n) is 10.2. The molecular weight excluding hydrogens is 477 g/mol. The van der Waals surface area contributed by atoms with Gasteiger partial charge in [0.15, 0.2) is 0 Å². The van der Waals surface area contributed by atoms with E-state index in [4.69, 9.17) is 17.3 Å². The number of nitrogen functional groups attached to an aromatic ring is 1. The van der Waals surface area contributed by atoms with Gasteiger partial charge in [-0.1, -0.05) is 29.8 Å². The van der Waals surface area contributed by atoms with Crippen molar-refractivity contribution in [1.29, 1.82) is 0 Å². The Hall–Kier alpha value is -3.66. The number of aliphatic hydroxyl groups excluding tert-OH is 1. The van der Waals surface area contributed by atoms with E-state index in [1.54, 1.807) is 23.6 Å². The van der Waals surface area contributed by atoms with E-state index in [2.05, 4.69) is 20.3 Å². The number of aromatic nitrogens is 3. The Morgan fingerprint density at radius 3 is 2.79 bits per heavy atom. The standard InChI is InChI=1S/C24H17ClFN5O2S/c1-11-2-4-13-14(6-7-28-19(13)21(32)15-5-3-12(25)8-17(15)26)18(11)31-24(33)16-9-34-22-20(16)29-10-30-23(22)27/h2-10,21,32H,1H3,(H,31,33)(H2,27,29,30). The summed E-state index contributed by atoms with van der Waals surface area (Å²) in [5.41, 5.74) is 8.42. The van der Waals surface area contributed by atoms with E-state index in [-0.39, 0.29) is 22.2 Å². The van der Waals surface area contributed by atoms with Gasteiger partial charge in [0.05, 0.1) is 27.2 Å². The minimum absolute atomic E-state index is 0.0533. The molecule has 0 aliphatic carbocycles. The number of nitrogens with zero attached hydrogens (tertiary/aromatic N) is 3. The van der Waals surface area contributed by atoms with E-state index in [9.17, 15) is 14.3 Å². The zero-order chi connectivity index (χ0) is 24.0. The summed E-state index contributed by atoms with van der Waals surface area (Å²) in [7, 11) is 0. The summed E-state index contributed by atoms with van der Waals surface area (Å²) in [6, 6.07) is 9.40. The van der Waals surface area contributed by atoms with Crippen molar-refractivity contribution in [3.05, 3.63) is 87.5 Å². The number of hydrogen-bond donors (Lipinski definition) is 3. The summed E-state index contributed by atoms with van der Waals surface area (Å²) in [5.74, 6) is -0.679. The number of carbonyl (C=O) groups is 1. The van der Waals surface area contributed by atoms with Gasteiger partial charge in [-0.2, -0.15) is 0 Å². The minimum atomic E-state index is -1.33. The molecule has 0 fully saturated rings. The summed E-state index contributed by atoms with van der Waals surface area (Å²) < 4.78 is 15.1. The monoisotopic (exact) mass is 493 g/mol. The lowest BCUT2D eigenvalue weighted by Gasteiger charge is -2.17. The Bertz CT molecular complexity index is 1590. The van der Waals surface area contributed by atoms with Gasteiger partial charge in [-0.3, -0.25) is 9.78 Å². The van der Waals surface area contributed by atoms with Gasteiger partial charge >= 0.3 is 0 Å². The highest BCUT2D eigenvalue weighted by atomic mass is 35.5. The SMILES string of the molecule is Cc1ccc2c(C(O)c3ccc(Cl)cc3F)nccc2c1NC(=O)c1csc2c(N)ncnc12. The van der Waals surface area contributed by atoms with Crippen molar-refractivity contribution in [3.63, 3.8) is 0 Å². The van der Waals surface area contributed by atoms with Crippen molar-refractivity contribution >= 4 is 61.3 Å². The Morgan fingerprint density at radius 1 is 1.18 bits per heavy atom. The zero-order valence-electron chi connectivity index (χ0n) is 17.7. The molecule has 170 valence electrons. The molecule has 3 aromatic heterocycles. The van der Waals surface area contributed by atoms with Crippen molar-refractivity contribution in [2.45, 2.75) is 13.0 Å². The molecule has 10 heteroatoms. The number of aliphatic hydroxyl groups is 1. The molecule has 5 rings (SSSR count). The van der Waals surface area contributed by atoms with Gasteiger partial charge in [0, 0.05) is 32.9 Å². The molecule has 34 heavy (non-hydrogen) atoms. The van der Waals surface area contributed by atoms with Crippen LogP contribution >= 0.6 is 22.9 Å². The smallest absolute Gasteiger partial charge is 0.258 e. The number of pyridine rings is 1. The fourth-order valence-electron chi connectivity index (χ4n) is 3.85. The van der Waals surface area contributed by atoms with Crippen molar-refractivity contribution in [2.75, 3.05) is 11.1 Å². The van der Waals surface area contributed by atoms with Crippen molar-refractivity contribution in [3.8, 4) is 0 Å². The van der Waals surface area contributed by atoms with Gasteiger partial charge < -0.3 is 16.2 Å². The second kappa shape index (κ2) is 8.60. The fraction of sp³-hybridized carbons (Fsp3) is 0.0833. The Morgan fingerprint density at radius 2 is 2.00 bits per heavy atom. The van der Waals surface area contributed by atoms with Crippen molar-refractivity contribution in [1.82, 2.24) is 15.0 Å². The van der Waals surface area contributed by atoms with E-state index in [0.717, 1.165) is 11.6 Å². The normalized spacial score (nSPS) is 12.2. The number of thiophene rings is 1. The van der Waals surface area contributed by atoms with Crippen LogP contribution in [0.25, 0.3) is 21.0 Å². The number of nitrogens with one attached hydrogen (secondary N) is 1. The van der Waals surface area contributed by atoms with E-state index in [1.807, 2.05) is 6.92 Å². The molecule has 0 aliphatic heterocycles. The van der Waals surface area contributed by atoms with E-state index >= 15 is 0 Å².